The summed E-state index contributed by atoms with van der Waals surface area (Å²) < 4.78 is 34.6. The minimum absolute atomic E-state index is 0.141. The normalized spacial score (nSPS) is 13.1. The molecule has 6 nitrogen and oxygen atoms in total. The van der Waals surface area contributed by atoms with Gasteiger partial charge in [-0.15, -0.1) is 0 Å². The van der Waals surface area contributed by atoms with Crippen molar-refractivity contribution >= 4 is 56.8 Å². The van der Waals surface area contributed by atoms with Crippen LogP contribution in [0, 0.1) is 9.72 Å². The van der Waals surface area contributed by atoms with E-state index in [-0.39, 0.29) is 23.7 Å². The maximum absolute atomic E-state index is 9.54. The van der Waals surface area contributed by atoms with Crippen molar-refractivity contribution < 1.29 is 26.8 Å². The molecule has 0 saturated heterocycles. The molecule has 1 aliphatic rings. The summed E-state index contributed by atoms with van der Waals surface area (Å²) in [6.07, 6.45) is -1.66. The van der Waals surface area contributed by atoms with Crippen molar-refractivity contribution in [3.05, 3.63) is 269 Å². The van der Waals surface area contributed by atoms with Gasteiger partial charge in [-0.2, -0.15) is 0 Å². The van der Waals surface area contributed by atoms with Crippen LogP contribution in [0.15, 0.2) is 249 Å². The molecular formula is C78H68BN5OPt. The molecule has 13 aromatic rings. The summed E-state index contributed by atoms with van der Waals surface area (Å²) in [4.78, 5) is 7.79. The van der Waals surface area contributed by atoms with E-state index in [2.05, 4.69) is 292 Å². The van der Waals surface area contributed by atoms with Crippen LogP contribution < -0.4 is 15.0 Å². The van der Waals surface area contributed by atoms with Crippen LogP contribution >= 0.6 is 0 Å². The second-order valence-electron chi connectivity index (χ2n) is 25.0. The fourth-order valence-corrected chi connectivity index (χ4v) is 13.8. The molecule has 0 unspecified atom stereocenters. The number of imidazole rings is 1. The number of ether oxygens (including phenoxy) is 1. The van der Waals surface area contributed by atoms with E-state index in [0.29, 0.717) is 17.2 Å². The van der Waals surface area contributed by atoms with E-state index >= 15 is 0 Å². The van der Waals surface area contributed by atoms with Gasteiger partial charge in [0.15, 0.2) is 0 Å². The number of benzene rings is 10. The van der Waals surface area contributed by atoms with Crippen LogP contribution in [-0.4, -0.2) is 25.6 Å². The number of hydrogen-bond acceptors (Lipinski definition) is 3. The van der Waals surface area contributed by atoms with Gasteiger partial charge < -0.3 is 0 Å². The van der Waals surface area contributed by atoms with Gasteiger partial charge in [0.2, 0.25) is 0 Å². The molecule has 86 heavy (non-hydrogen) atoms. The van der Waals surface area contributed by atoms with E-state index in [1.807, 2.05) is 50.2 Å². The fourth-order valence-electron chi connectivity index (χ4n) is 12.7. The summed E-state index contributed by atoms with van der Waals surface area (Å²) >= 11 is 2.54. The average molecular weight is 1300 g/mol. The average Bonchev–Trinajstić information content (AvgIpc) is 1.61. The Morgan fingerprint density at radius 3 is 1.79 bits per heavy atom. The molecule has 0 saturated carbocycles. The molecule has 14 rings (SSSR count). The number of hydrogen-bond donors (Lipinski definition) is 0. The Hall–Kier alpha value is -9.03. The second kappa shape index (κ2) is 21.8. The molecule has 0 aliphatic carbocycles. The summed E-state index contributed by atoms with van der Waals surface area (Å²) in [6, 6.07) is 88.5. The predicted molar refractivity (Wildman–Crippen MR) is 357 cm³/mol. The minimum atomic E-state index is -1.66. The van der Waals surface area contributed by atoms with Gasteiger partial charge in [-0.05, 0) is 6.07 Å². The van der Waals surface area contributed by atoms with Crippen molar-refractivity contribution in [2.45, 2.75) is 72.6 Å². The van der Waals surface area contributed by atoms with Crippen LogP contribution in [0.2, 0.25) is 0 Å². The van der Waals surface area contributed by atoms with Gasteiger partial charge in [0, 0.05) is 16.3 Å². The number of rotatable bonds is 12. The number of pyridine rings is 1. The molecule has 8 heteroatoms. The van der Waals surface area contributed by atoms with Gasteiger partial charge in [0.1, 0.15) is 0 Å². The Labute approximate surface area is 519 Å². The van der Waals surface area contributed by atoms with Crippen LogP contribution in [0.4, 0.5) is 11.5 Å². The zero-order chi connectivity index (χ0) is 60.8. The summed E-state index contributed by atoms with van der Waals surface area (Å²) in [7, 11) is 0. The first-order valence-electron chi connectivity index (χ1n) is 30.8. The van der Waals surface area contributed by atoms with Crippen molar-refractivity contribution in [2.75, 3.05) is 4.81 Å². The van der Waals surface area contributed by atoms with Crippen molar-refractivity contribution in [3.63, 3.8) is 0 Å². The van der Waals surface area contributed by atoms with Gasteiger partial charge in [0.05, 0.1) is 0 Å². The summed E-state index contributed by atoms with van der Waals surface area (Å²) in [5, 5.41) is 2.41. The van der Waals surface area contributed by atoms with E-state index < -0.39 is 6.37 Å². The first-order chi connectivity index (χ1) is 42.4. The molecule has 0 amide bonds. The molecular weight excluding hydrogens is 1230 g/mol. The van der Waals surface area contributed by atoms with Crippen molar-refractivity contribution in [1.82, 2.24) is 18.6 Å². The van der Waals surface area contributed by atoms with E-state index in [0.717, 1.165) is 87.6 Å². The number of para-hydroxylation sites is 4. The summed E-state index contributed by atoms with van der Waals surface area (Å²) in [5.41, 5.74) is 19.7. The Bertz CT molecular complexity index is 4900. The third-order valence-electron chi connectivity index (χ3n) is 16.8. The van der Waals surface area contributed by atoms with E-state index in [4.69, 9.17) is 9.72 Å². The summed E-state index contributed by atoms with van der Waals surface area (Å²) in [6.45, 7) is 17.5. The quantitative estimate of drug-likeness (QED) is 0.114. The molecule has 0 atom stereocenters. The van der Waals surface area contributed by atoms with Gasteiger partial charge in [-0.1, -0.05) is 60.7 Å². The van der Waals surface area contributed by atoms with Crippen LogP contribution in [0.3, 0.4) is 0 Å². The molecule has 10 aromatic carbocycles. The molecule has 0 radical (unpaired) electrons. The Kier molecular flexibility index (Phi) is 13.3. The SMILES string of the molecule is [2H]C([2H])(c1ccccc1-c1ccc(-n2[c](=[Pt])n(-c3c(-c4ccccc4)cc(C(C)(C)C)cc3-c3cc(-c4ccccc4)cc(C(C)(C)C)c3)c3ccccc32)cc1Oc1cccc(N2B(c3ccccc3)n3c4ccccc4c4cccc2c43)n1)C(C)C. The first kappa shape index (κ1) is 52.5. The fraction of sp³-hybridized carbons (Fsp3) is 0.154. The van der Waals surface area contributed by atoms with Crippen LogP contribution in [-0.2, 0) is 36.6 Å². The van der Waals surface area contributed by atoms with Crippen molar-refractivity contribution in [2.24, 2.45) is 5.92 Å². The van der Waals surface area contributed by atoms with Gasteiger partial charge in [0.25, 0.3) is 0 Å². The summed E-state index contributed by atoms with van der Waals surface area (Å²) in [5.74, 6) is 1.39. The first-order valence-corrected chi connectivity index (χ1v) is 31.0. The third kappa shape index (κ3) is 9.76. The van der Waals surface area contributed by atoms with Crippen LogP contribution in [0.1, 0.15) is 74.8 Å². The molecule has 0 bridgehead atoms. The Morgan fingerprint density at radius 1 is 0.500 bits per heavy atom. The molecule has 3 aromatic heterocycles. The Balaban J connectivity index is 0.991. The number of aromatic nitrogens is 4. The maximum atomic E-state index is 9.54. The zero-order valence-corrected chi connectivity index (χ0v) is 52.1. The number of fused-ring (bicyclic) bond motifs is 4. The van der Waals surface area contributed by atoms with Crippen molar-refractivity contribution in [1.29, 1.82) is 0 Å². The van der Waals surface area contributed by atoms with Gasteiger partial charge >= 0.3 is 439 Å². The van der Waals surface area contributed by atoms with Crippen molar-refractivity contribution in [3.8, 4) is 67.5 Å². The molecule has 0 N–H and O–H groups in total. The Morgan fingerprint density at radius 2 is 1.08 bits per heavy atom. The molecule has 0 fully saturated rings. The predicted octanol–water partition coefficient (Wildman–Crippen LogP) is 19.7. The second-order valence-corrected chi connectivity index (χ2v) is 26.0. The molecule has 424 valence electrons. The number of anilines is 2. The number of nitrogens with zero attached hydrogens (tertiary/aromatic N) is 5. The molecule has 1 aliphatic heterocycles. The van der Waals surface area contributed by atoms with Gasteiger partial charge in [-0.3, -0.25) is 0 Å². The zero-order valence-electron chi connectivity index (χ0n) is 51.8. The van der Waals surface area contributed by atoms with E-state index in [1.54, 1.807) is 0 Å². The standard InChI is InChI=1S/C78H68BN5O.Pt/c1-52(2)44-55-30-18-19-33-62(55)64-43-42-61(50-72(64)85-74-41-25-40-73(80-74)83-71-39-24-35-65-63-34-20-21-36-68(63)84(76(65)71)79(83)60-31-16-11-17-32-60)81-51-82(70-38-23-22-37-69(70)81)75-66(54-28-14-10-15-29-54)48-59(78(6,7)8)49-67(75)57-45-56(53-26-12-9-13-27-53)46-58(47-57)77(3,4)5;/h9-43,45-50,52H,44H2,1-8H3;/i44D2;. The molecule has 4 heterocycles. The van der Waals surface area contributed by atoms with Crippen LogP contribution in [0.5, 0.6) is 11.6 Å². The van der Waals surface area contributed by atoms with Gasteiger partial charge in [-0.25, -0.2) is 0 Å². The monoisotopic (exact) mass is 1300 g/mol. The van der Waals surface area contributed by atoms with Crippen LogP contribution in [0.25, 0.3) is 88.7 Å². The van der Waals surface area contributed by atoms with E-state index in [9.17, 15) is 2.74 Å². The third-order valence-corrected chi connectivity index (χ3v) is 17.8. The molecule has 0 spiro atoms. The van der Waals surface area contributed by atoms with E-state index in [1.165, 1.54) is 33.0 Å². The topological polar surface area (TPSA) is 40.1 Å².